The fourth-order valence-corrected chi connectivity index (χ4v) is 4.41. The van der Waals surface area contributed by atoms with E-state index in [9.17, 15) is 4.79 Å². The standard InChI is InChI=1S/C20H26N4O2/c1-15(25)24-9-8-20(14-24,16-6-10-26-11-7-16)13-22-19-12-21-17-4-2-3-5-18(17)23-19/h2-5,12,16H,6-11,13-14H2,1H3,(H,22,23). The number of nitrogens with zero attached hydrogens (tertiary/aromatic N) is 3. The molecule has 0 spiro atoms. The lowest BCUT2D eigenvalue weighted by atomic mass is 9.71. The molecule has 0 saturated carbocycles. The van der Waals surface area contributed by atoms with E-state index in [-0.39, 0.29) is 11.3 Å². The zero-order chi connectivity index (χ0) is 18.0. The Morgan fingerprint density at radius 2 is 2.08 bits per heavy atom. The van der Waals surface area contributed by atoms with Gasteiger partial charge in [0.2, 0.25) is 5.91 Å². The number of nitrogens with one attached hydrogen (secondary N) is 1. The Morgan fingerprint density at radius 1 is 1.31 bits per heavy atom. The molecule has 138 valence electrons. The number of amides is 1. The molecule has 2 aliphatic heterocycles. The van der Waals surface area contributed by atoms with Crippen LogP contribution >= 0.6 is 0 Å². The van der Waals surface area contributed by atoms with E-state index in [0.717, 1.165) is 69.0 Å². The van der Waals surface area contributed by atoms with Gasteiger partial charge in [0.05, 0.1) is 17.2 Å². The highest BCUT2D eigenvalue weighted by atomic mass is 16.5. The number of hydrogen-bond donors (Lipinski definition) is 1. The fraction of sp³-hybridized carbons (Fsp3) is 0.550. The van der Waals surface area contributed by atoms with Gasteiger partial charge in [-0.15, -0.1) is 0 Å². The van der Waals surface area contributed by atoms with Crippen molar-refractivity contribution in [3.05, 3.63) is 30.5 Å². The lowest BCUT2D eigenvalue weighted by molar-refractivity contribution is -0.128. The zero-order valence-electron chi connectivity index (χ0n) is 15.3. The number of rotatable bonds is 4. The minimum absolute atomic E-state index is 0.0861. The Labute approximate surface area is 154 Å². The van der Waals surface area contributed by atoms with Gasteiger partial charge in [0.1, 0.15) is 5.82 Å². The number of likely N-dealkylation sites (tertiary alicyclic amines) is 1. The number of carbonyl (C=O) groups excluding carboxylic acids is 1. The minimum Gasteiger partial charge on any atom is -0.381 e. The molecule has 2 fully saturated rings. The Hall–Kier alpha value is -2.21. The third kappa shape index (κ3) is 3.38. The maximum absolute atomic E-state index is 11.9. The number of carbonyl (C=O) groups is 1. The van der Waals surface area contributed by atoms with Crippen LogP contribution in [0.25, 0.3) is 11.0 Å². The van der Waals surface area contributed by atoms with Crippen molar-refractivity contribution < 1.29 is 9.53 Å². The molecule has 2 aromatic rings. The summed E-state index contributed by atoms with van der Waals surface area (Å²) in [4.78, 5) is 23.1. The van der Waals surface area contributed by atoms with E-state index in [1.165, 1.54) is 0 Å². The van der Waals surface area contributed by atoms with E-state index < -0.39 is 0 Å². The van der Waals surface area contributed by atoms with Gasteiger partial charge >= 0.3 is 0 Å². The normalized spacial score (nSPS) is 24.1. The molecule has 0 aliphatic carbocycles. The van der Waals surface area contributed by atoms with Crippen LogP contribution in [0.1, 0.15) is 26.2 Å². The van der Waals surface area contributed by atoms with Gasteiger partial charge in [-0.05, 0) is 37.3 Å². The summed E-state index contributed by atoms with van der Waals surface area (Å²) in [6, 6.07) is 7.90. The second-order valence-corrected chi connectivity index (χ2v) is 7.54. The van der Waals surface area contributed by atoms with Gasteiger partial charge in [0, 0.05) is 45.2 Å². The molecule has 1 unspecified atom stereocenters. The third-order valence-corrected chi connectivity index (χ3v) is 5.99. The summed E-state index contributed by atoms with van der Waals surface area (Å²) in [5, 5.41) is 3.52. The van der Waals surface area contributed by atoms with Crippen LogP contribution in [-0.2, 0) is 9.53 Å². The van der Waals surface area contributed by atoms with Crippen LogP contribution in [0, 0.1) is 11.3 Å². The number of anilines is 1. The molecule has 1 atom stereocenters. The van der Waals surface area contributed by atoms with E-state index in [2.05, 4.69) is 15.3 Å². The maximum atomic E-state index is 11.9. The molecule has 2 aliphatic rings. The molecule has 0 radical (unpaired) electrons. The van der Waals surface area contributed by atoms with E-state index in [0.29, 0.717) is 5.92 Å². The number of para-hydroxylation sites is 2. The van der Waals surface area contributed by atoms with Crippen LogP contribution in [0.5, 0.6) is 0 Å². The molecular formula is C20H26N4O2. The molecule has 1 aromatic carbocycles. The van der Waals surface area contributed by atoms with Crippen LogP contribution in [0.15, 0.2) is 30.5 Å². The highest BCUT2D eigenvalue weighted by molar-refractivity contribution is 5.75. The third-order valence-electron chi connectivity index (χ3n) is 5.99. The van der Waals surface area contributed by atoms with Crippen molar-refractivity contribution in [1.29, 1.82) is 0 Å². The maximum Gasteiger partial charge on any atom is 0.219 e. The Balaban J connectivity index is 1.53. The quantitative estimate of drug-likeness (QED) is 0.914. The molecule has 3 heterocycles. The molecule has 1 aromatic heterocycles. The molecular weight excluding hydrogens is 328 g/mol. The first kappa shape index (κ1) is 17.2. The minimum atomic E-state index is 0.0861. The number of aromatic nitrogens is 2. The first-order valence-electron chi connectivity index (χ1n) is 9.45. The predicted octanol–water partition coefficient (Wildman–Crippen LogP) is 2.71. The second-order valence-electron chi connectivity index (χ2n) is 7.54. The summed E-state index contributed by atoms with van der Waals surface area (Å²) in [5.74, 6) is 1.54. The van der Waals surface area contributed by atoms with Gasteiger partial charge in [-0.2, -0.15) is 0 Å². The number of benzene rings is 1. The molecule has 0 bridgehead atoms. The van der Waals surface area contributed by atoms with Gasteiger partial charge in [-0.25, -0.2) is 4.98 Å². The molecule has 1 amide bonds. The Bertz CT molecular complexity index is 790. The number of hydrogen-bond acceptors (Lipinski definition) is 5. The topological polar surface area (TPSA) is 67.4 Å². The summed E-state index contributed by atoms with van der Waals surface area (Å²) >= 11 is 0. The Morgan fingerprint density at radius 3 is 2.81 bits per heavy atom. The monoisotopic (exact) mass is 354 g/mol. The number of fused-ring (bicyclic) bond motifs is 1. The molecule has 26 heavy (non-hydrogen) atoms. The average Bonchev–Trinajstić information content (AvgIpc) is 3.13. The van der Waals surface area contributed by atoms with Crippen molar-refractivity contribution in [3.8, 4) is 0 Å². The lowest BCUT2D eigenvalue weighted by Crippen LogP contribution is -2.43. The van der Waals surface area contributed by atoms with Crippen LogP contribution in [0.2, 0.25) is 0 Å². The van der Waals surface area contributed by atoms with Gasteiger partial charge < -0.3 is 15.0 Å². The molecule has 6 nitrogen and oxygen atoms in total. The SMILES string of the molecule is CC(=O)N1CCC(CNc2cnc3ccccc3n2)(C2CCOCC2)C1. The molecule has 4 rings (SSSR count). The van der Waals surface area contributed by atoms with E-state index >= 15 is 0 Å². The van der Waals surface area contributed by atoms with Gasteiger partial charge in [-0.3, -0.25) is 9.78 Å². The van der Waals surface area contributed by atoms with Gasteiger partial charge in [0.25, 0.3) is 0 Å². The zero-order valence-corrected chi connectivity index (χ0v) is 15.3. The van der Waals surface area contributed by atoms with E-state index in [4.69, 9.17) is 4.74 Å². The second kappa shape index (κ2) is 7.19. The summed E-state index contributed by atoms with van der Waals surface area (Å²) in [7, 11) is 0. The first-order chi connectivity index (χ1) is 12.7. The van der Waals surface area contributed by atoms with Crippen molar-refractivity contribution in [3.63, 3.8) is 0 Å². The van der Waals surface area contributed by atoms with Crippen LogP contribution in [0.3, 0.4) is 0 Å². The van der Waals surface area contributed by atoms with E-state index in [1.807, 2.05) is 29.2 Å². The summed E-state index contributed by atoms with van der Waals surface area (Å²) in [6.07, 6.45) is 4.97. The lowest BCUT2D eigenvalue weighted by Gasteiger charge is -2.40. The summed E-state index contributed by atoms with van der Waals surface area (Å²) in [5.41, 5.74) is 1.89. The fourth-order valence-electron chi connectivity index (χ4n) is 4.41. The van der Waals surface area contributed by atoms with Crippen LogP contribution in [0.4, 0.5) is 5.82 Å². The smallest absolute Gasteiger partial charge is 0.219 e. The van der Waals surface area contributed by atoms with Crippen LogP contribution in [-0.4, -0.2) is 53.6 Å². The average molecular weight is 354 g/mol. The van der Waals surface area contributed by atoms with Crippen molar-refractivity contribution in [2.45, 2.75) is 26.2 Å². The highest BCUT2D eigenvalue weighted by Gasteiger charge is 2.45. The van der Waals surface area contributed by atoms with Crippen molar-refractivity contribution in [2.24, 2.45) is 11.3 Å². The van der Waals surface area contributed by atoms with Crippen LogP contribution < -0.4 is 5.32 Å². The van der Waals surface area contributed by atoms with Gasteiger partial charge in [0.15, 0.2) is 0 Å². The number of ether oxygens (including phenoxy) is 1. The van der Waals surface area contributed by atoms with Crippen molar-refractivity contribution >= 4 is 22.8 Å². The summed E-state index contributed by atoms with van der Waals surface area (Å²) in [6.45, 7) is 5.79. The molecule has 2 saturated heterocycles. The molecule has 1 N–H and O–H groups in total. The first-order valence-corrected chi connectivity index (χ1v) is 9.45. The van der Waals surface area contributed by atoms with Gasteiger partial charge in [-0.1, -0.05) is 12.1 Å². The molecule has 6 heteroatoms. The summed E-state index contributed by atoms with van der Waals surface area (Å²) < 4.78 is 5.57. The largest absolute Gasteiger partial charge is 0.381 e. The van der Waals surface area contributed by atoms with E-state index in [1.54, 1.807) is 13.1 Å². The van der Waals surface area contributed by atoms with Crippen molar-refractivity contribution in [1.82, 2.24) is 14.9 Å². The Kier molecular flexibility index (Phi) is 4.76. The predicted molar refractivity (Wildman–Crippen MR) is 101 cm³/mol. The highest BCUT2D eigenvalue weighted by Crippen LogP contribution is 2.43. The van der Waals surface area contributed by atoms with Crippen molar-refractivity contribution in [2.75, 3.05) is 38.2 Å².